The van der Waals surface area contributed by atoms with Gasteiger partial charge in [-0.3, -0.25) is 9.59 Å². The summed E-state index contributed by atoms with van der Waals surface area (Å²) in [6.07, 6.45) is 8.77. The van der Waals surface area contributed by atoms with Gasteiger partial charge in [0, 0.05) is 16.5 Å². The Labute approximate surface area is 177 Å². The molecule has 0 fully saturated rings. The molecule has 0 atom stereocenters. The molecule has 3 aromatic rings. The molecule has 2 aromatic carbocycles. The Balaban J connectivity index is 2.29. The Kier molecular flexibility index (Phi) is 6.31. The molecule has 1 heterocycles. The molecular formula is C25H20FNO4. The number of pyridine rings is 1. The van der Waals surface area contributed by atoms with Gasteiger partial charge in [0.2, 0.25) is 0 Å². The minimum atomic E-state index is -0.706. The number of carbonyl (C=O) groups is 1. The standard InChI is InChI=1S/C25H20FNO4/c1-3-6-15(7-4-2)23-18-14-16(28)10-12-20(18)27-25(31)24(23)22(30)13-11-17-19(26)8-5-9-21(17)29/h3-14,28-29H,1H2,2H3,(H,27,31). The molecule has 0 unspecified atom stereocenters. The fourth-order valence-electron chi connectivity index (χ4n) is 3.28. The summed E-state index contributed by atoms with van der Waals surface area (Å²) in [4.78, 5) is 28.6. The van der Waals surface area contributed by atoms with E-state index in [2.05, 4.69) is 11.6 Å². The maximum atomic E-state index is 14.0. The third kappa shape index (κ3) is 4.38. The summed E-state index contributed by atoms with van der Waals surface area (Å²) in [6.45, 7) is 5.47. The highest BCUT2D eigenvalue weighted by molar-refractivity contribution is 6.13. The molecule has 0 saturated carbocycles. The van der Waals surface area contributed by atoms with Gasteiger partial charge in [0.1, 0.15) is 17.3 Å². The van der Waals surface area contributed by atoms with Crippen LogP contribution in [0.3, 0.4) is 0 Å². The molecule has 0 amide bonds. The Hall–Kier alpha value is -4.19. The lowest BCUT2D eigenvalue weighted by atomic mass is 9.92. The third-order valence-electron chi connectivity index (χ3n) is 4.61. The summed E-state index contributed by atoms with van der Waals surface area (Å²) in [5, 5.41) is 20.3. The van der Waals surface area contributed by atoms with Crippen molar-refractivity contribution >= 4 is 28.3 Å². The Morgan fingerprint density at radius 2 is 1.90 bits per heavy atom. The first-order valence-corrected chi connectivity index (χ1v) is 9.42. The molecule has 5 nitrogen and oxygen atoms in total. The van der Waals surface area contributed by atoms with Crippen molar-refractivity contribution in [2.24, 2.45) is 0 Å². The predicted octanol–water partition coefficient (Wildman–Crippen LogP) is 5.12. The van der Waals surface area contributed by atoms with Gasteiger partial charge in [-0.1, -0.05) is 36.9 Å². The lowest BCUT2D eigenvalue weighted by molar-refractivity contribution is 0.104. The Morgan fingerprint density at radius 3 is 2.58 bits per heavy atom. The van der Waals surface area contributed by atoms with Crippen LogP contribution in [-0.4, -0.2) is 21.0 Å². The molecule has 1 aromatic heterocycles. The van der Waals surface area contributed by atoms with Crippen LogP contribution in [0.5, 0.6) is 11.5 Å². The number of hydrogen-bond acceptors (Lipinski definition) is 4. The average molecular weight is 417 g/mol. The fourth-order valence-corrected chi connectivity index (χ4v) is 3.28. The summed E-state index contributed by atoms with van der Waals surface area (Å²) >= 11 is 0. The minimum absolute atomic E-state index is 0.0375. The van der Waals surface area contributed by atoms with Crippen molar-refractivity contribution in [1.82, 2.24) is 4.98 Å². The number of rotatable bonds is 6. The van der Waals surface area contributed by atoms with Crippen molar-refractivity contribution in [3.05, 3.63) is 106 Å². The number of halogens is 1. The normalized spacial score (nSPS) is 12.1. The number of hydrogen-bond donors (Lipinski definition) is 3. The SMILES string of the molecule is C=CC=C(C=CC)c1c(C(=O)C=Cc2c(O)cccc2F)c(=O)[nH]c2ccc(O)cc12. The number of benzene rings is 2. The molecule has 156 valence electrons. The summed E-state index contributed by atoms with van der Waals surface area (Å²) < 4.78 is 14.0. The number of aromatic hydroxyl groups is 2. The van der Waals surface area contributed by atoms with E-state index in [9.17, 15) is 24.2 Å². The van der Waals surface area contributed by atoms with Crippen LogP contribution in [0.25, 0.3) is 22.6 Å². The molecule has 0 aliphatic heterocycles. The van der Waals surface area contributed by atoms with E-state index in [1.165, 1.54) is 36.4 Å². The maximum Gasteiger partial charge on any atom is 0.260 e. The van der Waals surface area contributed by atoms with Gasteiger partial charge in [0.05, 0.1) is 11.1 Å². The van der Waals surface area contributed by atoms with Gasteiger partial charge in [-0.05, 0) is 55.0 Å². The van der Waals surface area contributed by atoms with Crippen LogP contribution in [-0.2, 0) is 0 Å². The van der Waals surface area contributed by atoms with Crippen LogP contribution < -0.4 is 5.56 Å². The van der Waals surface area contributed by atoms with E-state index in [0.717, 1.165) is 18.2 Å². The van der Waals surface area contributed by atoms with Gasteiger partial charge >= 0.3 is 0 Å². The third-order valence-corrected chi connectivity index (χ3v) is 4.61. The molecule has 3 N–H and O–H groups in total. The second kappa shape index (κ2) is 9.09. The van der Waals surface area contributed by atoms with Crippen LogP contribution in [0.15, 0.2) is 78.2 Å². The number of H-pyrrole nitrogens is 1. The molecule has 0 saturated heterocycles. The van der Waals surface area contributed by atoms with Crippen molar-refractivity contribution in [2.45, 2.75) is 6.92 Å². The van der Waals surface area contributed by atoms with Gasteiger partial charge in [-0.25, -0.2) is 4.39 Å². The number of carbonyl (C=O) groups excluding carboxylic acids is 1. The number of aromatic amines is 1. The number of nitrogens with one attached hydrogen (secondary N) is 1. The van der Waals surface area contributed by atoms with Crippen molar-refractivity contribution < 1.29 is 19.4 Å². The fraction of sp³-hybridized carbons (Fsp3) is 0.0400. The smallest absolute Gasteiger partial charge is 0.260 e. The molecule has 0 aliphatic carbocycles. The molecular weight excluding hydrogens is 397 g/mol. The minimum Gasteiger partial charge on any atom is -0.508 e. The highest BCUT2D eigenvalue weighted by atomic mass is 19.1. The van der Waals surface area contributed by atoms with Crippen molar-refractivity contribution in [3.8, 4) is 11.5 Å². The average Bonchev–Trinajstić information content (AvgIpc) is 2.72. The molecule has 6 heteroatoms. The van der Waals surface area contributed by atoms with E-state index in [1.54, 1.807) is 25.2 Å². The van der Waals surface area contributed by atoms with Gasteiger partial charge in [-0.2, -0.15) is 0 Å². The van der Waals surface area contributed by atoms with E-state index < -0.39 is 17.2 Å². The summed E-state index contributed by atoms with van der Waals surface area (Å²) in [7, 11) is 0. The van der Waals surface area contributed by atoms with Gasteiger partial charge in [-0.15, -0.1) is 0 Å². The first-order chi connectivity index (χ1) is 14.9. The maximum absolute atomic E-state index is 14.0. The van der Waals surface area contributed by atoms with Gasteiger partial charge in [0.25, 0.3) is 5.56 Å². The molecule has 3 rings (SSSR count). The number of allylic oxidation sites excluding steroid dienone is 6. The van der Waals surface area contributed by atoms with Crippen molar-refractivity contribution in [2.75, 3.05) is 0 Å². The zero-order valence-electron chi connectivity index (χ0n) is 16.7. The Bertz CT molecular complexity index is 1310. The molecule has 0 aliphatic rings. The van der Waals surface area contributed by atoms with Crippen LogP contribution >= 0.6 is 0 Å². The second-order valence-electron chi connectivity index (χ2n) is 6.66. The van der Waals surface area contributed by atoms with Crippen molar-refractivity contribution in [3.63, 3.8) is 0 Å². The predicted molar refractivity (Wildman–Crippen MR) is 121 cm³/mol. The highest BCUT2D eigenvalue weighted by Crippen LogP contribution is 2.30. The van der Waals surface area contributed by atoms with E-state index in [4.69, 9.17) is 0 Å². The van der Waals surface area contributed by atoms with Crippen LogP contribution in [0.4, 0.5) is 4.39 Å². The number of aromatic nitrogens is 1. The zero-order chi connectivity index (χ0) is 22.5. The van der Waals surface area contributed by atoms with E-state index in [-0.39, 0.29) is 22.6 Å². The zero-order valence-corrected chi connectivity index (χ0v) is 16.7. The van der Waals surface area contributed by atoms with Gasteiger partial charge in [0.15, 0.2) is 5.78 Å². The van der Waals surface area contributed by atoms with E-state index in [1.807, 2.05) is 0 Å². The number of phenols is 2. The molecule has 0 spiro atoms. The summed E-state index contributed by atoms with van der Waals surface area (Å²) in [5.74, 6) is -1.77. The second-order valence-corrected chi connectivity index (χ2v) is 6.66. The molecule has 0 bridgehead atoms. The number of fused-ring (bicyclic) bond motifs is 1. The monoisotopic (exact) mass is 417 g/mol. The van der Waals surface area contributed by atoms with Crippen LogP contribution in [0.2, 0.25) is 0 Å². The number of phenolic OH excluding ortho intramolecular Hbond substituents is 2. The lowest BCUT2D eigenvalue weighted by Gasteiger charge is -2.12. The lowest BCUT2D eigenvalue weighted by Crippen LogP contribution is -2.20. The largest absolute Gasteiger partial charge is 0.508 e. The van der Waals surface area contributed by atoms with Crippen molar-refractivity contribution in [1.29, 1.82) is 0 Å². The highest BCUT2D eigenvalue weighted by Gasteiger charge is 2.20. The van der Waals surface area contributed by atoms with Gasteiger partial charge < -0.3 is 15.2 Å². The first kappa shape index (κ1) is 21.5. The number of ketones is 1. The topological polar surface area (TPSA) is 90.4 Å². The van der Waals surface area contributed by atoms with E-state index in [0.29, 0.717) is 22.0 Å². The Morgan fingerprint density at radius 1 is 1.13 bits per heavy atom. The van der Waals surface area contributed by atoms with Crippen LogP contribution in [0, 0.1) is 5.82 Å². The summed E-state index contributed by atoms with van der Waals surface area (Å²) in [5.41, 5.74) is 0.285. The molecule has 0 radical (unpaired) electrons. The van der Waals surface area contributed by atoms with Crippen LogP contribution in [0.1, 0.15) is 28.4 Å². The molecule has 31 heavy (non-hydrogen) atoms. The quantitative estimate of drug-likeness (QED) is 0.295. The first-order valence-electron chi connectivity index (χ1n) is 9.42. The summed E-state index contributed by atoms with van der Waals surface area (Å²) in [6, 6.07) is 8.20. The van der Waals surface area contributed by atoms with E-state index >= 15 is 0 Å².